The van der Waals surface area contributed by atoms with Gasteiger partial charge in [0.1, 0.15) is 0 Å². The lowest BCUT2D eigenvalue weighted by Gasteiger charge is -2.31. The second-order valence-corrected chi connectivity index (χ2v) is 8.10. The van der Waals surface area contributed by atoms with E-state index in [2.05, 4.69) is 13.8 Å². The van der Waals surface area contributed by atoms with Crippen molar-refractivity contribution in [1.29, 1.82) is 0 Å². The van der Waals surface area contributed by atoms with Gasteiger partial charge in [-0.1, -0.05) is 19.9 Å². The Balaban J connectivity index is 2.04. The first-order chi connectivity index (χ1) is 10.8. The van der Waals surface area contributed by atoms with Gasteiger partial charge < -0.3 is 9.84 Å². The summed E-state index contributed by atoms with van der Waals surface area (Å²) < 4.78 is 32.4. The van der Waals surface area contributed by atoms with E-state index in [0.29, 0.717) is 38.5 Å². The highest BCUT2D eigenvalue weighted by Gasteiger charge is 2.30. The number of nitrogens with zero attached hydrogens (tertiary/aromatic N) is 1. The van der Waals surface area contributed by atoms with E-state index in [-0.39, 0.29) is 16.6 Å². The number of ether oxygens (including phenoxy) is 1. The fraction of sp³-hybridized carbons (Fsp3) is 0.562. The van der Waals surface area contributed by atoms with Crippen LogP contribution in [0.1, 0.15) is 37.0 Å². The maximum atomic E-state index is 12.6. The summed E-state index contributed by atoms with van der Waals surface area (Å²) in [7, 11) is -3.66. The number of carboxylic acids is 1. The van der Waals surface area contributed by atoms with Crippen LogP contribution in [0.5, 0.6) is 0 Å². The quantitative estimate of drug-likeness (QED) is 0.857. The highest BCUT2D eigenvalue weighted by Crippen LogP contribution is 2.23. The Morgan fingerprint density at radius 3 is 2.57 bits per heavy atom. The molecule has 128 valence electrons. The molecule has 1 aromatic carbocycles. The van der Waals surface area contributed by atoms with Crippen LogP contribution in [0.25, 0.3) is 0 Å². The largest absolute Gasteiger partial charge is 0.478 e. The van der Waals surface area contributed by atoms with Gasteiger partial charge in [0.25, 0.3) is 0 Å². The Morgan fingerprint density at radius 1 is 1.35 bits per heavy atom. The maximum Gasteiger partial charge on any atom is 0.335 e. The minimum atomic E-state index is -3.66. The lowest BCUT2D eigenvalue weighted by molar-refractivity contribution is 0.00749. The number of sulfonamides is 1. The first-order valence-electron chi connectivity index (χ1n) is 7.76. The van der Waals surface area contributed by atoms with Crippen LogP contribution in [0.2, 0.25) is 0 Å². The highest BCUT2D eigenvalue weighted by atomic mass is 32.2. The van der Waals surface area contributed by atoms with Crippen LogP contribution in [-0.4, -0.2) is 49.6 Å². The second-order valence-electron chi connectivity index (χ2n) is 6.16. The molecule has 7 heteroatoms. The van der Waals surface area contributed by atoms with E-state index >= 15 is 0 Å². The molecular weight excluding hydrogens is 318 g/mol. The van der Waals surface area contributed by atoms with Gasteiger partial charge in [0.2, 0.25) is 10.0 Å². The van der Waals surface area contributed by atoms with Crippen LogP contribution >= 0.6 is 0 Å². The number of hydrogen-bond acceptors (Lipinski definition) is 4. The molecule has 1 N–H and O–H groups in total. The Morgan fingerprint density at radius 2 is 2.00 bits per heavy atom. The molecule has 1 aliphatic rings. The zero-order valence-electron chi connectivity index (χ0n) is 13.4. The average molecular weight is 341 g/mol. The molecule has 0 unspecified atom stereocenters. The van der Waals surface area contributed by atoms with Gasteiger partial charge in [-0.05, 0) is 37.0 Å². The normalized spacial score (nSPS) is 17.5. The molecule has 1 fully saturated rings. The molecular formula is C16H23NO5S. The number of rotatable bonds is 6. The SMILES string of the molecule is CC(C)COC1CCN(S(=O)(=O)c2cccc(C(=O)O)c2)CC1. The molecule has 6 nitrogen and oxygen atoms in total. The average Bonchev–Trinajstić information content (AvgIpc) is 2.53. The van der Waals surface area contributed by atoms with E-state index < -0.39 is 16.0 Å². The minimum Gasteiger partial charge on any atom is -0.478 e. The number of benzene rings is 1. The van der Waals surface area contributed by atoms with E-state index in [0.717, 1.165) is 0 Å². The summed E-state index contributed by atoms with van der Waals surface area (Å²) in [6, 6.07) is 5.48. The number of carbonyl (C=O) groups is 1. The van der Waals surface area contributed by atoms with Gasteiger partial charge >= 0.3 is 5.97 Å². The topological polar surface area (TPSA) is 83.9 Å². The standard InChI is InChI=1S/C16H23NO5S/c1-12(2)11-22-14-6-8-17(9-7-14)23(20,21)15-5-3-4-13(10-15)16(18)19/h3-5,10,12,14H,6-9,11H2,1-2H3,(H,18,19). The van der Waals surface area contributed by atoms with Crippen molar-refractivity contribution < 1.29 is 23.1 Å². The van der Waals surface area contributed by atoms with Crippen LogP contribution < -0.4 is 0 Å². The highest BCUT2D eigenvalue weighted by molar-refractivity contribution is 7.89. The van der Waals surface area contributed by atoms with Gasteiger partial charge in [-0.25, -0.2) is 13.2 Å². The molecule has 1 aromatic rings. The van der Waals surface area contributed by atoms with E-state index in [4.69, 9.17) is 9.84 Å². The molecule has 2 rings (SSSR count). The Hall–Kier alpha value is -1.44. The van der Waals surface area contributed by atoms with Crippen molar-refractivity contribution in [2.24, 2.45) is 5.92 Å². The lowest BCUT2D eigenvalue weighted by Crippen LogP contribution is -2.41. The summed E-state index contributed by atoms with van der Waals surface area (Å²) >= 11 is 0. The summed E-state index contributed by atoms with van der Waals surface area (Å²) in [6.07, 6.45) is 1.41. The molecule has 0 radical (unpaired) electrons. The first-order valence-corrected chi connectivity index (χ1v) is 9.20. The maximum absolute atomic E-state index is 12.6. The predicted octanol–water partition coefficient (Wildman–Crippen LogP) is 2.21. The van der Waals surface area contributed by atoms with E-state index in [9.17, 15) is 13.2 Å². The Labute approximate surface area is 137 Å². The van der Waals surface area contributed by atoms with E-state index in [1.54, 1.807) is 0 Å². The third kappa shape index (κ3) is 4.53. The molecule has 1 aliphatic heterocycles. The number of piperidine rings is 1. The van der Waals surface area contributed by atoms with Crippen molar-refractivity contribution in [3.05, 3.63) is 29.8 Å². The van der Waals surface area contributed by atoms with Crippen LogP contribution in [0.15, 0.2) is 29.2 Å². The first kappa shape index (κ1) is 17.9. The van der Waals surface area contributed by atoms with Crippen molar-refractivity contribution in [3.63, 3.8) is 0 Å². The molecule has 0 aromatic heterocycles. The van der Waals surface area contributed by atoms with E-state index in [1.165, 1.54) is 28.6 Å². The van der Waals surface area contributed by atoms with Gasteiger partial charge in [0, 0.05) is 19.7 Å². The van der Waals surface area contributed by atoms with Crippen molar-refractivity contribution in [2.45, 2.75) is 37.7 Å². The lowest BCUT2D eigenvalue weighted by atomic mass is 10.1. The van der Waals surface area contributed by atoms with Crippen molar-refractivity contribution in [3.8, 4) is 0 Å². The van der Waals surface area contributed by atoms with Crippen molar-refractivity contribution in [1.82, 2.24) is 4.31 Å². The molecule has 0 amide bonds. The van der Waals surface area contributed by atoms with Crippen LogP contribution in [0.4, 0.5) is 0 Å². The summed E-state index contributed by atoms with van der Waals surface area (Å²) in [4.78, 5) is 11.0. The monoisotopic (exact) mass is 341 g/mol. The van der Waals surface area contributed by atoms with E-state index in [1.807, 2.05) is 0 Å². The van der Waals surface area contributed by atoms with Crippen LogP contribution in [-0.2, 0) is 14.8 Å². The third-order valence-electron chi connectivity index (χ3n) is 3.78. The Bertz CT molecular complexity index is 648. The number of hydrogen-bond donors (Lipinski definition) is 1. The number of carboxylic acid groups (broad SMARTS) is 1. The Kier molecular flexibility index (Phi) is 5.78. The summed E-state index contributed by atoms with van der Waals surface area (Å²) in [6.45, 7) is 5.62. The van der Waals surface area contributed by atoms with Gasteiger partial charge in [0.05, 0.1) is 16.6 Å². The minimum absolute atomic E-state index is 0.0266. The smallest absolute Gasteiger partial charge is 0.335 e. The molecule has 1 saturated heterocycles. The second kappa shape index (κ2) is 7.42. The zero-order chi connectivity index (χ0) is 17.0. The van der Waals surface area contributed by atoms with Gasteiger partial charge in [0.15, 0.2) is 0 Å². The molecule has 0 atom stereocenters. The molecule has 0 saturated carbocycles. The van der Waals surface area contributed by atoms with Crippen LogP contribution in [0, 0.1) is 5.92 Å². The summed E-state index contributed by atoms with van der Waals surface area (Å²) in [5.74, 6) is -0.682. The van der Waals surface area contributed by atoms with Crippen molar-refractivity contribution in [2.75, 3.05) is 19.7 Å². The molecule has 1 heterocycles. The van der Waals surface area contributed by atoms with Gasteiger partial charge in [-0.15, -0.1) is 0 Å². The molecule has 0 bridgehead atoms. The number of aromatic carboxylic acids is 1. The fourth-order valence-electron chi connectivity index (χ4n) is 2.51. The third-order valence-corrected chi connectivity index (χ3v) is 5.68. The van der Waals surface area contributed by atoms with Gasteiger partial charge in [-0.3, -0.25) is 0 Å². The van der Waals surface area contributed by atoms with Crippen LogP contribution in [0.3, 0.4) is 0 Å². The fourth-order valence-corrected chi connectivity index (χ4v) is 4.02. The molecule has 23 heavy (non-hydrogen) atoms. The van der Waals surface area contributed by atoms with Crippen molar-refractivity contribution >= 4 is 16.0 Å². The summed E-state index contributed by atoms with van der Waals surface area (Å²) in [5, 5.41) is 9.00. The summed E-state index contributed by atoms with van der Waals surface area (Å²) in [5.41, 5.74) is -0.0266. The predicted molar refractivity (Wildman–Crippen MR) is 86.0 cm³/mol. The van der Waals surface area contributed by atoms with Gasteiger partial charge in [-0.2, -0.15) is 4.31 Å². The zero-order valence-corrected chi connectivity index (χ0v) is 14.3. The molecule has 0 spiro atoms. The molecule has 0 aliphatic carbocycles.